The molecule has 2 N–H and O–H groups in total. The molecule has 106 valence electrons. The van der Waals surface area contributed by atoms with Crippen LogP contribution in [-0.4, -0.2) is 5.16 Å². The average Bonchev–Trinajstić information content (AvgIpc) is 2.83. The van der Waals surface area contributed by atoms with Gasteiger partial charge in [0.25, 0.3) is 0 Å². The van der Waals surface area contributed by atoms with Crippen LogP contribution in [-0.2, 0) is 0 Å². The van der Waals surface area contributed by atoms with Crippen molar-refractivity contribution in [1.29, 1.82) is 0 Å². The number of hydrogen-bond acceptors (Lipinski definition) is 3. The molecule has 6 heteroatoms. The van der Waals surface area contributed by atoms with E-state index in [1.807, 2.05) is 24.3 Å². The highest BCUT2D eigenvalue weighted by Gasteiger charge is 2.21. The van der Waals surface area contributed by atoms with Crippen LogP contribution in [0.2, 0.25) is 5.02 Å². The molecule has 0 saturated carbocycles. The summed E-state index contributed by atoms with van der Waals surface area (Å²) in [4.78, 5) is 0. The first kappa shape index (κ1) is 14.1. The molecule has 0 aliphatic carbocycles. The lowest BCUT2D eigenvalue weighted by Crippen LogP contribution is -1.90. The van der Waals surface area contributed by atoms with Crippen molar-refractivity contribution in [2.75, 3.05) is 5.73 Å². The van der Waals surface area contributed by atoms with E-state index in [0.29, 0.717) is 16.9 Å². The fourth-order valence-electron chi connectivity index (χ4n) is 2.09. The third-order valence-corrected chi connectivity index (χ3v) is 3.91. The number of hydrogen-bond donors (Lipinski definition) is 1. The zero-order valence-electron chi connectivity index (χ0n) is 10.6. The van der Waals surface area contributed by atoms with Crippen LogP contribution in [0.15, 0.2) is 51.5 Å². The second-order valence-corrected chi connectivity index (χ2v) is 5.68. The highest BCUT2D eigenvalue weighted by molar-refractivity contribution is 9.10. The highest BCUT2D eigenvalue weighted by Crippen LogP contribution is 2.40. The van der Waals surface area contributed by atoms with Gasteiger partial charge in [0, 0.05) is 10.0 Å². The molecule has 0 fully saturated rings. The summed E-state index contributed by atoms with van der Waals surface area (Å²) in [5.74, 6) is 0.0443. The second-order valence-electron chi connectivity index (χ2n) is 4.38. The minimum atomic E-state index is -0.524. The number of halogens is 3. The van der Waals surface area contributed by atoms with E-state index in [0.717, 1.165) is 10.0 Å². The summed E-state index contributed by atoms with van der Waals surface area (Å²) in [6, 6.07) is 12.0. The average molecular weight is 368 g/mol. The number of rotatable bonds is 2. The van der Waals surface area contributed by atoms with Gasteiger partial charge in [-0.15, -0.1) is 0 Å². The Morgan fingerprint density at radius 2 is 1.95 bits per heavy atom. The van der Waals surface area contributed by atoms with Crippen LogP contribution in [0.4, 0.5) is 10.2 Å². The predicted molar refractivity (Wildman–Crippen MR) is 84.5 cm³/mol. The van der Waals surface area contributed by atoms with E-state index in [1.54, 1.807) is 12.1 Å². The highest BCUT2D eigenvalue weighted by atomic mass is 79.9. The Kier molecular flexibility index (Phi) is 3.69. The van der Waals surface area contributed by atoms with E-state index in [4.69, 9.17) is 21.9 Å². The summed E-state index contributed by atoms with van der Waals surface area (Å²) in [6.07, 6.45) is 0. The van der Waals surface area contributed by atoms with Gasteiger partial charge in [-0.2, -0.15) is 0 Å². The van der Waals surface area contributed by atoms with Gasteiger partial charge in [-0.1, -0.05) is 50.9 Å². The van der Waals surface area contributed by atoms with E-state index in [2.05, 4.69) is 21.1 Å². The zero-order chi connectivity index (χ0) is 15.0. The fourth-order valence-corrected chi connectivity index (χ4v) is 2.70. The van der Waals surface area contributed by atoms with Crippen LogP contribution in [0, 0.1) is 5.82 Å². The molecule has 0 spiro atoms. The monoisotopic (exact) mass is 366 g/mol. The number of nitrogens with zero attached hydrogens (tertiary/aromatic N) is 1. The first-order chi connectivity index (χ1) is 10.1. The largest absolute Gasteiger partial charge is 0.380 e. The van der Waals surface area contributed by atoms with Gasteiger partial charge in [-0.3, -0.25) is 0 Å². The fraction of sp³-hybridized carbons (Fsp3) is 0. The van der Waals surface area contributed by atoms with Crippen LogP contribution in [0.3, 0.4) is 0 Å². The molecule has 1 heterocycles. The Morgan fingerprint density at radius 3 is 2.71 bits per heavy atom. The SMILES string of the molecule is Nc1noc(-c2cccc(F)c2Cl)c1-c1cccc(Br)c1. The maximum Gasteiger partial charge on any atom is 0.178 e. The first-order valence-electron chi connectivity index (χ1n) is 6.03. The normalized spacial score (nSPS) is 10.8. The standard InChI is InChI=1S/C15H9BrClFN2O/c16-9-4-1-3-8(7-9)12-14(21-20-15(12)19)10-5-2-6-11(18)13(10)17/h1-7H,(H2,19,20). The Bertz CT molecular complexity index is 819. The summed E-state index contributed by atoms with van der Waals surface area (Å²) in [6.45, 7) is 0. The maximum atomic E-state index is 13.6. The van der Waals surface area contributed by atoms with Crippen LogP contribution < -0.4 is 5.73 Å². The molecular formula is C15H9BrClFN2O. The van der Waals surface area contributed by atoms with E-state index >= 15 is 0 Å². The van der Waals surface area contributed by atoms with Gasteiger partial charge in [-0.25, -0.2) is 4.39 Å². The lowest BCUT2D eigenvalue weighted by atomic mass is 10.0. The molecule has 3 aromatic rings. The van der Waals surface area contributed by atoms with Gasteiger partial charge in [-0.05, 0) is 29.8 Å². The Morgan fingerprint density at radius 1 is 1.19 bits per heavy atom. The number of anilines is 1. The molecule has 0 radical (unpaired) electrons. The van der Waals surface area contributed by atoms with Gasteiger partial charge >= 0.3 is 0 Å². The molecule has 0 bridgehead atoms. The molecule has 0 aliphatic rings. The van der Waals surface area contributed by atoms with Crippen LogP contribution in [0.1, 0.15) is 0 Å². The molecule has 0 amide bonds. The first-order valence-corrected chi connectivity index (χ1v) is 7.20. The number of aromatic nitrogens is 1. The molecule has 0 unspecified atom stereocenters. The smallest absolute Gasteiger partial charge is 0.178 e. The van der Waals surface area contributed by atoms with Crippen molar-refractivity contribution in [2.45, 2.75) is 0 Å². The van der Waals surface area contributed by atoms with Crippen molar-refractivity contribution >= 4 is 33.3 Å². The van der Waals surface area contributed by atoms with E-state index in [9.17, 15) is 4.39 Å². The Labute approximate surface area is 133 Å². The van der Waals surface area contributed by atoms with Gasteiger partial charge in [0.05, 0.1) is 10.6 Å². The third kappa shape index (κ3) is 2.54. The van der Waals surface area contributed by atoms with Crippen LogP contribution in [0.5, 0.6) is 0 Å². The molecule has 1 aromatic heterocycles. The lowest BCUT2D eigenvalue weighted by molar-refractivity contribution is 0.436. The van der Waals surface area contributed by atoms with Gasteiger partial charge in [0.1, 0.15) is 5.82 Å². The maximum absolute atomic E-state index is 13.6. The molecular weight excluding hydrogens is 359 g/mol. The Balaban J connectivity index is 2.24. The summed E-state index contributed by atoms with van der Waals surface area (Å²) in [5.41, 5.74) is 7.70. The van der Waals surface area contributed by atoms with Crippen molar-refractivity contribution in [3.63, 3.8) is 0 Å². The zero-order valence-corrected chi connectivity index (χ0v) is 13.0. The molecule has 0 aliphatic heterocycles. The Hall–Kier alpha value is -1.85. The van der Waals surface area contributed by atoms with Crippen molar-refractivity contribution in [3.8, 4) is 22.5 Å². The molecule has 3 nitrogen and oxygen atoms in total. The van der Waals surface area contributed by atoms with Crippen molar-refractivity contribution < 1.29 is 8.91 Å². The molecule has 0 saturated heterocycles. The van der Waals surface area contributed by atoms with Gasteiger partial charge in [0.2, 0.25) is 0 Å². The van der Waals surface area contributed by atoms with Gasteiger partial charge in [0.15, 0.2) is 11.6 Å². The van der Waals surface area contributed by atoms with E-state index in [-0.39, 0.29) is 10.8 Å². The van der Waals surface area contributed by atoms with Crippen LogP contribution >= 0.6 is 27.5 Å². The molecule has 0 atom stereocenters. The summed E-state index contributed by atoms with van der Waals surface area (Å²) in [5, 5.41) is 3.75. The summed E-state index contributed by atoms with van der Waals surface area (Å²) < 4.78 is 19.8. The van der Waals surface area contributed by atoms with Crippen molar-refractivity contribution in [3.05, 3.63) is 57.8 Å². The van der Waals surface area contributed by atoms with Crippen LogP contribution in [0.25, 0.3) is 22.5 Å². The third-order valence-electron chi connectivity index (χ3n) is 3.03. The van der Waals surface area contributed by atoms with E-state index < -0.39 is 5.82 Å². The number of nitrogens with two attached hydrogens (primary N) is 1. The predicted octanol–water partition coefficient (Wildman–Crippen LogP) is 5.15. The molecule has 2 aromatic carbocycles. The minimum absolute atomic E-state index is 0.0232. The number of nitrogen functional groups attached to an aromatic ring is 1. The summed E-state index contributed by atoms with van der Waals surface area (Å²) >= 11 is 9.42. The molecule has 3 rings (SSSR count). The van der Waals surface area contributed by atoms with E-state index in [1.165, 1.54) is 6.07 Å². The number of benzene rings is 2. The van der Waals surface area contributed by atoms with Crippen molar-refractivity contribution in [1.82, 2.24) is 5.16 Å². The minimum Gasteiger partial charge on any atom is -0.380 e. The quantitative estimate of drug-likeness (QED) is 0.682. The molecule has 21 heavy (non-hydrogen) atoms. The van der Waals surface area contributed by atoms with Crippen molar-refractivity contribution in [2.24, 2.45) is 0 Å². The second kappa shape index (κ2) is 5.50. The van der Waals surface area contributed by atoms with Gasteiger partial charge < -0.3 is 10.3 Å². The summed E-state index contributed by atoms with van der Waals surface area (Å²) in [7, 11) is 0. The topological polar surface area (TPSA) is 52.0 Å². The lowest BCUT2D eigenvalue weighted by Gasteiger charge is -2.05.